The number of hydrogen-bond acceptors (Lipinski definition) is 9. The Morgan fingerprint density at radius 1 is 1.03 bits per heavy atom. The van der Waals surface area contributed by atoms with E-state index in [-0.39, 0.29) is 18.9 Å². The van der Waals surface area contributed by atoms with Crippen molar-refractivity contribution < 1.29 is 14.6 Å². The minimum atomic E-state index is -0.282. The minimum Gasteiger partial charge on any atom is -0.394 e. The summed E-state index contributed by atoms with van der Waals surface area (Å²) in [6, 6.07) is 10.5. The van der Waals surface area contributed by atoms with Crippen LogP contribution in [0.15, 0.2) is 43.0 Å². The van der Waals surface area contributed by atoms with Gasteiger partial charge in [0.15, 0.2) is 17.0 Å². The van der Waals surface area contributed by atoms with Gasteiger partial charge < -0.3 is 24.4 Å². The molecule has 2 saturated heterocycles. The van der Waals surface area contributed by atoms with Gasteiger partial charge in [0, 0.05) is 58.6 Å². The van der Waals surface area contributed by atoms with Gasteiger partial charge in [-0.25, -0.2) is 15.0 Å². The topological polar surface area (TPSA) is 92.0 Å². The number of fused-ring (bicyclic) bond motifs is 1. The largest absolute Gasteiger partial charge is 0.394 e. The van der Waals surface area contributed by atoms with Gasteiger partial charge in [-0.1, -0.05) is 18.2 Å². The number of para-hydroxylation sites is 1. The van der Waals surface area contributed by atoms with E-state index in [1.165, 1.54) is 5.69 Å². The quantitative estimate of drug-likeness (QED) is 0.562. The number of benzene rings is 1. The summed E-state index contributed by atoms with van der Waals surface area (Å²) in [6.07, 6.45) is 2.84. The van der Waals surface area contributed by atoms with Crippen LogP contribution in [0.1, 0.15) is 6.23 Å². The van der Waals surface area contributed by atoms with E-state index in [0.29, 0.717) is 19.7 Å². The van der Waals surface area contributed by atoms with Gasteiger partial charge in [0.2, 0.25) is 0 Å². The molecule has 2 aliphatic rings. The third-order valence-corrected chi connectivity index (χ3v) is 6.39. The number of aromatic nitrogens is 4. The zero-order valence-corrected chi connectivity index (χ0v) is 19.0. The maximum atomic E-state index is 9.74. The number of nitrogens with zero attached hydrogens (tertiary/aromatic N) is 7. The number of aliphatic hydroxyl groups excluding tert-OH is 1. The number of morpholine rings is 1. The molecule has 1 aromatic carbocycles. The fourth-order valence-corrected chi connectivity index (χ4v) is 4.65. The second-order valence-corrected chi connectivity index (χ2v) is 8.48. The molecule has 0 aliphatic carbocycles. The van der Waals surface area contributed by atoms with Crippen LogP contribution in [0.4, 0.5) is 11.5 Å². The molecule has 2 fully saturated rings. The van der Waals surface area contributed by atoms with Crippen molar-refractivity contribution in [1.82, 2.24) is 24.4 Å². The van der Waals surface area contributed by atoms with Crippen molar-refractivity contribution in [3.05, 3.63) is 43.0 Å². The van der Waals surface area contributed by atoms with Crippen LogP contribution >= 0.6 is 0 Å². The van der Waals surface area contributed by atoms with Crippen LogP contribution < -0.4 is 9.80 Å². The third kappa shape index (κ3) is 4.65. The molecule has 3 aromatic rings. The molecule has 4 heterocycles. The minimum absolute atomic E-state index is 0.0292. The second kappa shape index (κ2) is 10.0. The molecule has 0 radical (unpaired) electrons. The number of imidazole rings is 1. The highest BCUT2D eigenvalue weighted by molar-refractivity contribution is 5.83. The maximum Gasteiger partial charge on any atom is 0.167 e. The molecule has 0 saturated carbocycles. The van der Waals surface area contributed by atoms with E-state index >= 15 is 0 Å². The summed E-state index contributed by atoms with van der Waals surface area (Å²) < 4.78 is 13.4. The molecule has 33 heavy (non-hydrogen) atoms. The average molecular weight is 454 g/mol. The Kier molecular flexibility index (Phi) is 6.68. The van der Waals surface area contributed by atoms with Crippen LogP contribution in [0.2, 0.25) is 0 Å². The van der Waals surface area contributed by atoms with Crippen molar-refractivity contribution >= 4 is 22.7 Å². The van der Waals surface area contributed by atoms with Gasteiger partial charge in [-0.15, -0.1) is 0 Å². The first kappa shape index (κ1) is 22.0. The van der Waals surface area contributed by atoms with Crippen molar-refractivity contribution in [2.75, 3.05) is 75.9 Å². The number of rotatable bonds is 7. The van der Waals surface area contributed by atoms with E-state index in [0.717, 1.165) is 49.7 Å². The molecule has 2 atom stereocenters. The van der Waals surface area contributed by atoms with Crippen LogP contribution in [0.25, 0.3) is 11.2 Å². The van der Waals surface area contributed by atoms with Crippen LogP contribution in [-0.4, -0.2) is 102 Å². The summed E-state index contributed by atoms with van der Waals surface area (Å²) in [5, 5.41) is 9.74. The van der Waals surface area contributed by atoms with E-state index < -0.39 is 0 Å². The molecule has 0 unspecified atom stereocenters. The van der Waals surface area contributed by atoms with Crippen LogP contribution in [0, 0.1) is 0 Å². The van der Waals surface area contributed by atoms with E-state index in [2.05, 4.69) is 53.9 Å². The highest BCUT2D eigenvalue weighted by Gasteiger charge is 2.30. The van der Waals surface area contributed by atoms with Crippen molar-refractivity contribution in [2.45, 2.75) is 12.3 Å². The van der Waals surface area contributed by atoms with Crippen LogP contribution in [-0.2, 0) is 9.47 Å². The zero-order valence-electron chi connectivity index (χ0n) is 19.0. The van der Waals surface area contributed by atoms with Gasteiger partial charge in [-0.05, 0) is 12.1 Å². The van der Waals surface area contributed by atoms with Crippen LogP contribution in [0.5, 0.6) is 0 Å². The normalized spacial score (nSPS) is 22.2. The number of aliphatic hydroxyl groups is 1. The summed E-state index contributed by atoms with van der Waals surface area (Å²) in [7, 11) is 1.70. The Morgan fingerprint density at radius 3 is 2.58 bits per heavy atom. The number of hydrogen-bond donors (Lipinski definition) is 1. The first-order valence-electron chi connectivity index (χ1n) is 11.5. The molecule has 0 spiro atoms. The first-order valence-corrected chi connectivity index (χ1v) is 11.5. The van der Waals surface area contributed by atoms with Crippen molar-refractivity contribution in [1.29, 1.82) is 0 Å². The molecular weight excluding hydrogens is 422 g/mol. The lowest BCUT2D eigenvalue weighted by Gasteiger charge is -2.38. The lowest BCUT2D eigenvalue weighted by molar-refractivity contribution is -0.135. The SMILES string of the molecule is COCCN1C[C@@H](CO)O[C@@H](n2cnc3c(N4CCN(c5ccccc5)CC4)ncnc32)C1. The monoisotopic (exact) mass is 453 g/mol. The smallest absolute Gasteiger partial charge is 0.167 e. The lowest BCUT2D eigenvalue weighted by atomic mass is 10.2. The predicted molar refractivity (Wildman–Crippen MR) is 126 cm³/mol. The van der Waals surface area contributed by atoms with Crippen molar-refractivity contribution in [3.63, 3.8) is 0 Å². The summed E-state index contributed by atoms with van der Waals surface area (Å²) in [6.45, 7) is 6.33. The predicted octanol–water partition coefficient (Wildman–Crippen LogP) is 0.991. The van der Waals surface area contributed by atoms with Gasteiger partial charge in [-0.3, -0.25) is 9.47 Å². The molecule has 2 aliphatic heterocycles. The fourth-order valence-electron chi connectivity index (χ4n) is 4.65. The highest BCUT2D eigenvalue weighted by atomic mass is 16.5. The molecule has 5 rings (SSSR count). The number of methoxy groups -OCH3 is 1. The summed E-state index contributed by atoms with van der Waals surface area (Å²) in [5.41, 5.74) is 2.78. The molecule has 10 heteroatoms. The lowest BCUT2D eigenvalue weighted by Crippen LogP contribution is -2.48. The highest BCUT2D eigenvalue weighted by Crippen LogP contribution is 2.28. The van der Waals surface area contributed by atoms with Gasteiger partial charge in [0.1, 0.15) is 12.6 Å². The van der Waals surface area contributed by atoms with E-state index in [9.17, 15) is 5.11 Å². The van der Waals surface area contributed by atoms with Gasteiger partial charge in [0.25, 0.3) is 0 Å². The summed E-state index contributed by atoms with van der Waals surface area (Å²) in [5.74, 6) is 0.859. The van der Waals surface area contributed by atoms with Gasteiger partial charge in [-0.2, -0.15) is 0 Å². The molecule has 176 valence electrons. The number of ether oxygens (including phenoxy) is 2. The zero-order chi connectivity index (χ0) is 22.6. The van der Waals surface area contributed by atoms with E-state index in [1.807, 2.05) is 10.6 Å². The van der Waals surface area contributed by atoms with E-state index in [4.69, 9.17) is 9.47 Å². The Balaban J connectivity index is 1.34. The van der Waals surface area contributed by atoms with Crippen molar-refractivity contribution in [2.24, 2.45) is 0 Å². The Hall–Kier alpha value is -2.79. The van der Waals surface area contributed by atoms with Gasteiger partial charge >= 0.3 is 0 Å². The molecule has 10 nitrogen and oxygen atoms in total. The molecule has 0 amide bonds. The molecule has 2 aromatic heterocycles. The Bertz CT molecular complexity index is 1040. The van der Waals surface area contributed by atoms with Crippen molar-refractivity contribution in [3.8, 4) is 0 Å². The van der Waals surface area contributed by atoms with E-state index in [1.54, 1.807) is 19.8 Å². The number of piperazine rings is 1. The first-order chi connectivity index (χ1) is 16.3. The third-order valence-electron chi connectivity index (χ3n) is 6.39. The Labute approximate surface area is 193 Å². The second-order valence-electron chi connectivity index (χ2n) is 8.48. The summed E-state index contributed by atoms with van der Waals surface area (Å²) >= 11 is 0. The molecule has 0 bridgehead atoms. The Morgan fingerprint density at radius 2 is 1.82 bits per heavy atom. The van der Waals surface area contributed by atoms with Gasteiger partial charge in [0.05, 0.1) is 25.6 Å². The maximum absolute atomic E-state index is 9.74. The standard InChI is InChI=1S/C23H31N7O3/c1-32-12-11-27-13-19(15-31)33-20(14-27)30-17-26-21-22(24-16-25-23(21)30)29-9-7-28(8-10-29)18-5-3-2-4-6-18/h2-6,16-17,19-20,31H,7-15H2,1H3/t19-,20+/m0/s1. The fraction of sp³-hybridized carbons (Fsp3) is 0.522. The summed E-state index contributed by atoms with van der Waals surface area (Å²) in [4.78, 5) is 20.7. The molecule has 1 N–H and O–H groups in total. The number of anilines is 2. The average Bonchev–Trinajstić information content (AvgIpc) is 3.32. The molecular formula is C23H31N7O3. The van der Waals surface area contributed by atoms with Crippen LogP contribution in [0.3, 0.4) is 0 Å².